The number of piperazine rings is 1. The molecule has 2 fully saturated rings. The quantitative estimate of drug-likeness (QED) is 0.664. The molecule has 7 heteroatoms. The van der Waals surface area contributed by atoms with Crippen molar-refractivity contribution < 1.29 is 19.4 Å². The van der Waals surface area contributed by atoms with Crippen molar-refractivity contribution in [2.24, 2.45) is 5.73 Å². The zero-order chi connectivity index (χ0) is 14.0. The lowest BCUT2D eigenvalue weighted by atomic mass is 9.98. The maximum absolute atomic E-state index is 12.3. The van der Waals surface area contributed by atoms with E-state index in [1.807, 2.05) is 4.90 Å². The van der Waals surface area contributed by atoms with Crippen molar-refractivity contribution in [1.29, 1.82) is 0 Å². The Bertz CT molecular complexity index is 360. The van der Waals surface area contributed by atoms with Crippen molar-refractivity contribution in [2.45, 2.75) is 24.9 Å². The number of carbonyl (C=O) groups is 2. The predicted molar refractivity (Wildman–Crippen MR) is 67.6 cm³/mol. The minimum Gasteiger partial charge on any atom is -0.480 e. The fraction of sp³-hybridized carbons (Fsp3) is 0.833. The van der Waals surface area contributed by atoms with Gasteiger partial charge >= 0.3 is 5.97 Å². The molecule has 2 unspecified atom stereocenters. The van der Waals surface area contributed by atoms with Crippen LogP contribution in [0.5, 0.6) is 0 Å². The van der Waals surface area contributed by atoms with Gasteiger partial charge in [-0.3, -0.25) is 14.5 Å². The standard InChI is InChI=1S/C12H21N3O4/c1-9(10(16)17)14-3-5-15(6-4-14)11(18)12(13)2-7-19-8-12/h9H,2-8,13H2,1H3,(H,16,17). The first kappa shape index (κ1) is 14.2. The average Bonchev–Trinajstić information content (AvgIpc) is 2.85. The lowest BCUT2D eigenvalue weighted by Crippen LogP contribution is -2.61. The van der Waals surface area contributed by atoms with E-state index in [0.29, 0.717) is 39.2 Å². The van der Waals surface area contributed by atoms with Crippen LogP contribution in [0.4, 0.5) is 0 Å². The van der Waals surface area contributed by atoms with Crippen molar-refractivity contribution in [1.82, 2.24) is 9.80 Å². The summed E-state index contributed by atoms with van der Waals surface area (Å²) in [6.45, 7) is 4.64. The molecule has 0 aromatic rings. The van der Waals surface area contributed by atoms with E-state index in [-0.39, 0.29) is 12.5 Å². The largest absolute Gasteiger partial charge is 0.480 e. The van der Waals surface area contributed by atoms with Crippen molar-refractivity contribution in [2.75, 3.05) is 39.4 Å². The van der Waals surface area contributed by atoms with Gasteiger partial charge in [-0.05, 0) is 13.3 Å². The molecule has 2 atom stereocenters. The molecule has 2 rings (SSSR count). The second-order valence-electron chi connectivity index (χ2n) is 5.30. The number of hydrogen-bond donors (Lipinski definition) is 2. The summed E-state index contributed by atoms with van der Waals surface area (Å²) < 4.78 is 5.20. The van der Waals surface area contributed by atoms with Crippen LogP contribution in [-0.2, 0) is 14.3 Å². The molecule has 0 aromatic carbocycles. The van der Waals surface area contributed by atoms with Gasteiger partial charge < -0.3 is 20.5 Å². The number of carboxylic acids is 1. The highest BCUT2D eigenvalue weighted by molar-refractivity contribution is 5.86. The Hall–Kier alpha value is -1.18. The fourth-order valence-corrected chi connectivity index (χ4v) is 2.53. The third-order valence-corrected chi connectivity index (χ3v) is 3.98. The van der Waals surface area contributed by atoms with Crippen LogP contribution in [0.2, 0.25) is 0 Å². The van der Waals surface area contributed by atoms with Gasteiger partial charge in [0.05, 0.1) is 6.61 Å². The van der Waals surface area contributed by atoms with Crippen LogP contribution < -0.4 is 5.73 Å². The summed E-state index contributed by atoms with van der Waals surface area (Å²) in [6.07, 6.45) is 0.553. The van der Waals surface area contributed by atoms with Crippen molar-refractivity contribution in [3.05, 3.63) is 0 Å². The molecule has 7 nitrogen and oxygen atoms in total. The van der Waals surface area contributed by atoms with Gasteiger partial charge in [0.15, 0.2) is 0 Å². The summed E-state index contributed by atoms with van der Waals surface area (Å²) in [7, 11) is 0. The number of aliphatic carboxylic acids is 1. The first-order valence-corrected chi connectivity index (χ1v) is 6.57. The lowest BCUT2D eigenvalue weighted by Gasteiger charge is -2.39. The molecule has 2 saturated heterocycles. The van der Waals surface area contributed by atoms with E-state index in [1.54, 1.807) is 11.8 Å². The predicted octanol–water partition coefficient (Wildman–Crippen LogP) is -1.28. The molecule has 0 saturated carbocycles. The molecule has 2 aliphatic rings. The number of amides is 1. The van der Waals surface area contributed by atoms with Gasteiger partial charge in [-0.1, -0.05) is 0 Å². The van der Waals surface area contributed by atoms with Crippen LogP contribution in [-0.4, -0.2) is 77.8 Å². The van der Waals surface area contributed by atoms with Crippen molar-refractivity contribution >= 4 is 11.9 Å². The van der Waals surface area contributed by atoms with Crippen LogP contribution in [0.1, 0.15) is 13.3 Å². The number of carbonyl (C=O) groups excluding carboxylic acids is 1. The molecular weight excluding hydrogens is 250 g/mol. The topological polar surface area (TPSA) is 96.1 Å². The van der Waals surface area contributed by atoms with Crippen molar-refractivity contribution in [3.8, 4) is 0 Å². The third-order valence-electron chi connectivity index (χ3n) is 3.98. The molecule has 2 heterocycles. The number of carboxylic acid groups (broad SMARTS) is 1. The first-order chi connectivity index (χ1) is 8.94. The summed E-state index contributed by atoms with van der Waals surface area (Å²) in [5.41, 5.74) is 5.16. The van der Waals surface area contributed by atoms with Crippen LogP contribution in [0, 0.1) is 0 Å². The molecule has 0 radical (unpaired) electrons. The van der Waals surface area contributed by atoms with Crippen molar-refractivity contribution in [3.63, 3.8) is 0 Å². The van der Waals surface area contributed by atoms with Crippen LogP contribution in [0.25, 0.3) is 0 Å². The Balaban J connectivity index is 1.89. The second kappa shape index (κ2) is 5.44. The Labute approximate surface area is 112 Å². The summed E-state index contributed by atoms with van der Waals surface area (Å²) in [5.74, 6) is -0.910. The molecule has 0 aromatic heterocycles. The van der Waals surface area contributed by atoms with Crippen LogP contribution in [0.3, 0.4) is 0 Å². The van der Waals surface area contributed by atoms with Crippen LogP contribution >= 0.6 is 0 Å². The molecule has 3 N–H and O–H groups in total. The molecule has 1 amide bonds. The van der Waals surface area contributed by atoms with E-state index in [4.69, 9.17) is 15.6 Å². The van der Waals surface area contributed by atoms with E-state index in [1.165, 1.54) is 0 Å². The summed E-state index contributed by atoms with van der Waals surface area (Å²) in [4.78, 5) is 26.8. The SMILES string of the molecule is CC(C(=O)O)N1CCN(C(=O)C2(N)CCOC2)CC1. The number of nitrogens with zero attached hydrogens (tertiary/aromatic N) is 2. The minimum absolute atomic E-state index is 0.0763. The molecular formula is C12H21N3O4. The maximum atomic E-state index is 12.3. The molecule has 108 valence electrons. The zero-order valence-corrected chi connectivity index (χ0v) is 11.2. The van der Waals surface area contributed by atoms with Gasteiger partial charge in [-0.2, -0.15) is 0 Å². The van der Waals surface area contributed by atoms with E-state index in [2.05, 4.69) is 0 Å². The Morgan fingerprint density at radius 2 is 1.95 bits per heavy atom. The van der Waals surface area contributed by atoms with Gasteiger partial charge in [0, 0.05) is 32.8 Å². The number of ether oxygens (including phenoxy) is 1. The van der Waals surface area contributed by atoms with E-state index in [0.717, 1.165) is 0 Å². The van der Waals surface area contributed by atoms with Crippen LogP contribution in [0.15, 0.2) is 0 Å². The Morgan fingerprint density at radius 3 is 2.42 bits per heavy atom. The van der Waals surface area contributed by atoms with E-state index < -0.39 is 17.6 Å². The second-order valence-corrected chi connectivity index (χ2v) is 5.30. The van der Waals surface area contributed by atoms with Gasteiger partial charge in [0.25, 0.3) is 0 Å². The first-order valence-electron chi connectivity index (χ1n) is 6.57. The van der Waals surface area contributed by atoms with E-state index in [9.17, 15) is 9.59 Å². The smallest absolute Gasteiger partial charge is 0.320 e. The number of nitrogens with two attached hydrogens (primary N) is 1. The van der Waals surface area contributed by atoms with E-state index >= 15 is 0 Å². The monoisotopic (exact) mass is 271 g/mol. The average molecular weight is 271 g/mol. The highest BCUT2D eigenvalue weighted by Crippen LogP contribution is 2.19. The number of hydrogen-bond acceptors (Lipinski definition) is 5. The normalized spacial score (nSPS) is 30.3. The Morgan fingerprint density at radius 1 is 1.32 bits per heavy atom. The Kier molecular flexibility index (Phi) is 4.07. The molecule has 19 heavy (non-hydrogen) atoms. The molecule has 0 aliphatic carbocycles. The maximum Gasteiger partial charge on any atom is 0.320 e. The van der Waals surface area contributed by atoms with Gasteiger partial charge in [0.1, 0.15) is 11.6 Å². The minimum atomic E-state index is -0.888. The number of rotatable bonds is 3. The molecule has 0 spiro atoms. The summed E-state index contributed by atoms with van der Waals surface area (Å²) >= 11 is 0. The molecule has 0 bridgehead atoms. The summed E-state index contributed by atoms with van der Waals surface area (Å²) in [5, 5.41) is 8.96. The van der Waals surface area contributed by atoms with Gasteiger partial charge in [-0.15, -0.1) is 0 Å². The zero-order valence-electron chi connectivity index (χ0n) is 11.2. The summed E-state index contributed by atoms with van der Waals surface area (Å²) in [6, 6.07) is -0.515. The van der Waals surface area contributed by atoms with Gasteiger partial charge in [-0.25, -0.2) is 0 Å². The lowest BCUT2D eigenvalue weighted by molar-refractivity contribution is -0.145. The fourth-order valence-electron chi connectivity index (χ4n) is 2.53. The highest BCUT2D eigenvalue weighted by Gasteiger charge is 2.42. The van der Waals surface area contributed by atoms with Gasteiger partial charge in [0.2, 0.25) is 5.91 Å². The highest BCUT2D eigenvalue weighted by atomic mass is 16.5. The third kappa shape index (κ3) is 2.88. The molecule has 2 aliphatic heterocycles.